The highest BCUT2D eigenvalue weighted by Gasteiger charge is 2.24. The Kier molecular flexibility index (Phi) is 3.39. The van der Waals surface area contributed by atoms with Crippen LogP contribution in [0.15, 0.2) is 30.7 Å². The quantitative estimate of drug-likeness (QED) is 0.856. The molecule has 7 nitrogen and oxygen atoms in total. The largest absolute Gasteiger partial charge is 0.364 e. The Morgan fingerprint density at radius 1 is 1.24 bits per heavy atom. The normalized spacial score (nSPS) is 13.8. The highest BCUT2D eigenvalue weighted by atomic mass is 16.2. The third-order valence-electron chi connectivity index (χ3n) is 3.57. The van der Waals surface area contributed by atoms with E-state index in [9.17, 15) is 9.59 Å². The fourth-order valence-electron chi connectivity index (χ4n) is 2.46. The molecule has 1 aliphatic heterocycles. The van der Waals surface area contributed by atoms with Crippen LogP contribution in [0, 0.1) is 0 Å². The second kappa shape index (κ2) is 5.35. The second-order valence-corrected chi connectivity index (χ2v) is 4.92. The fraction of sp³-hybridized carbons (Fsp3) is 0.286. The van der Waals surface area contributed by atoms with Gasteiger partial charge in [0.2, 0.25) is 5.91 Å². The van der Waals surface area contributed by atoms with Crippen LogP contribution >= 0.6 is 0 Å². The van der Waals surface area contributed by atoms with Crippen molar-refractivity contribution in [2.75, 3.05) is 6.54 Å². The van der Waals surface area contributed by atoms with Crippen molar-refractivity contribution in [3.63, 3.8) is 0 Å². The summed E-state index contributed by atoms with van der Waals surface area (Å²) in [5, 5.41) is 0. The van der Waals surface area contributed by atoms with Gasteiger partial charge in [0.25, 0.3) is 5.91 Å². The van der Waals surface area contributed by atoms with Crippen LogP contribution in [-0.2, 0) is 24.3 Å². The number of primary amides is 1. The summed E-state index contributed by atoms with van der Waals surface area (Å²) < 4.78 is 1.78. The molecule has 108 valence electrons. The van der Waals surface area contributed by atoms with E-state index < -0.39 is 5.91 Å². The highest BCUT2D eigenvalue weighted by molar-refractivity contribution is 5.91. The molecule has 0 unspecified atom stereocenters. The van der Waals surface area contributed by atoms with E-state index in [2.05, 4.69) is 9.97 Å². The van der Waals surface area contributed by atoms with Crippen LogP contribution in [0.25, 0.3) is 0 Å². The van der Waals surface area contributed by atoms with Crippen LogP contribution in [0.1, 0.15) is 21.9 Å². The predicted octanol–water partition coefficient (Wildman–Crippen LogP) is -0.0381. The zero-order valence-corrected chi connectivity index (χ0v) is 11.4. The number of fused-ring (bicyclic) bond motifs is 1. The van der Waals surface area contributed by atoms with Gasteiger partial charge in [0.05, 0.1) is 19.2 Å². The Hall–Kier alpha value is -2.70. The van der Waals surface area contributed by atoms with Crippen LogP contribution in [0.2, 0.25) is 0 Å². The van der Waals surface area contributed by atoms with Gasteiger partial charge in [-0.3, -0.25) is 14.6 Å². The lowest BCUT2D eigenvalue weighted by molar-refractivity contribution is -0.132. The number of nitrogens with zero attached hydrogens (tertiary/aromatic N) is 4. The number of nitrogens with two attached hydrogens (primary N) is 1. The van der Waals surface area contributed by atoms with Crippen LogP contribution in [0.3, 0.4) is 0 Å². The maximum Gasteiger partial charge on any atom is 0.266 e. The summed E-state index contributed by atoms with van der Waals surface area (Å²) in [5.41, 5.74) is 6.62. The SMILES string of the molecule is NC(=O)c1cnc2n1CCN(C(=O)Cc1ccncc1)C2. The molecule has 21 heavy (non-hydrogen) atoms. The molecule has 0 saturated heterocycles. The summed E-state index contributed by atoms with van der Waals surface area (Å²) in [5.74, 6) is 0.236. The zero-order chi connectivity index (χ0) is 14.8. The van der Waals surface area contributed by atoms with Gasteiger partial charge in [-0.15, -0.1) is 0 Å². The predicted molar refractivity (Wildman–Crippen MR) is 74.1 cm³/mol. The van der Waals surface area contributed by atoms with E-state index in [0.29, 0.717) is 37.6 Å². The van der Waals surface area contributed by atoms with Crippen molar-refractivity contribution in [3.05, 3.63) is 47.8 Å². The van der Waals surface area contributed by atoms with Gasteiger partial charge in [-0.05, 0) is 17.7 Å². The minimum absolute atomic E-state index is 0.0380. The lowest BCUT2D eigenvalue weighted by Gasteiger charge is -2.28. The van der Waals surface area contributed by atoms with Gasteiger partial charge in [0.15, 0.2) is 0 Å². The first kappa shape index (κ1) is 13.3. The van der Waals surface area contributed by atoms with E-state index in [4.69, 9.17) is 5.73 Å². The monoisotopic (exact) mass is 285 g/mol. The molecule has 0 atom stereocenters. The highest BCUT2D eigenvalue weighted by Crippen LogP contribution is 2.15. The van der Waals surface area contributed by atoms with Gasteiger partial charge in [-0.1, -0.05) is 0 Å². The summed E-state index contributed by atoms with van der Waals surface area (Å²) >= 11 is 0. The van der Waals surface area contributed by atoms with Crippen LogP contribution in [0.5, 0.6) is 0 Å². The lowest BCUT2D eigenvalue weighted by Crippen LogP contribution is -2.40. The molecule has 2 aromatic rings. The summed E-state index contributed by atoms with van der Waals surface area (Å²) in [7, 11) is 0. The molecular formula is C14H15N5O2. The van der Waals surface area contributed by atoms with E-state index in [1.807, 2.05) is 12.1 Å². The minimum atomic E-state index is -0.495. The smallest absolute Gasteiger partial charge is 0.266 e. The topological polar surface area (TPSA) is 94.1 Å². The molecule has 0 bridgehead atoms. The molecule has 0 fully saturated rings. The van der Waals surface area contributed by atoms with Crippen molar-refractivity contribution in [1.29, 1.82) is 0 Å². The number of hydrogen-bond donors (Lipinski definition) is 1. The van der Waals surface area contributed by atoms with Gasteiger partial charge in [-0.25, -0.2) is 4.98 Å². The Bertz CT molecular complexity index is 680. The third kappa shape index (κ3) is 2.62. The molecule has 7 heteroatoms. The van der Waals surface area contributed by atoms with Crippen molar-refractivity contribution in [2.24, 2.45) is 5.73 Å². The number of aromatic nitrogens is 3. The molecule has 3 rings (SSSR count). The average Bonchev–Trinajstić information content (AvgIpc) is 2.91. The summed E-state index contributed by atoms with van der Waals surface area (Å²) in [6.45, 7) is 1.49. The molecule has 0 aliphatic carbocycles. The molecule has 0 spiro atoms. The lowest BCUT2D eigenvalue weighted by atomic mass is 10.1. The van der Waals surface area contributed by atoms with E-state index >= 15 is 0 Å². The first-order valence-electron chi connectivity index (χ1n) is 6.66. The number of pyridine rings is 1. The maximum absolute atomic E-state index is 12.3. The fourth-order valence-corrected chi connectivity index (χ4v) is 2.46. The van der Waals surface area contributed by atoms with Crippen LogP contribution < -0.4 is 5.73 Å². The van der Waals surface area contributed by atoms with Crippen molar-refractivity contribution < 1.29 is 9.59 Å². The number of amides is 2. The Balaban J connectivity index is 1.71. The molecule has 2 amide bonds. The van der Waals surface area contributed by atoms with Gasteiger partial charge < -0.3 is 15.2 Å². The van der Waals surface area contributed by atoms with Gasteiger partial charge in [0.1, 0.15) is 11.5 Å². The standard InChI is InChI=1S/C14H15N5O2/c15-14(21)11-8-17-12-9-18(5-6-19(11)12)13(20)7-10-1-3-16-4-2-10/h1-4,8H,5-7,9H2,(H2,15,21). The molecule has 0 saturated carbocycles. The average molecular weight is 285 g/mol. The summed E-state index contributed by atoms with van der Waals surface area (Å²) in [4.78, 5) is 33.4. The molecule has 1 aliphatic rings. The Labute approximate surface area is 121 Å². The molecular weight excluding hydrogens is 270 g/mol. The van der Waals surface area contributed by atoms with Crippen LogP contribution in [-0.4, -0.2) is 37.8 Å². The maximum atomic E-state index is 12.3. The molecule has 3 heterocycles. The number of hydrogen-bond acceptors (Lipinski definition) is 4. The molecule has 0 radical (unpaired) electrons. The third-order valence-corrected chi connectivity index (χ3v) is 3.57. The summed E-state index contributed by atoms with van der Waals surface area (Å²) in [6, 6.07) is 3.65. The Morgan fingerprint density at radius 3 is 2.71 bits per heavy atom. The van der Waals surface area contributed by atoms with Crippen molar-refractivity contribution in [2.45, 2.75) is 19.5 Å². The van der Waals surface area contributed by atoms with Gasteiger partial charge in [0, 0.05) is 25.5 Å². The van der Waals surface area contributed by atoms with Gasteiger partial charge >= 0.3 is 0 Å². The number of imidazole rings is 1. The molecule has 0 aromatic carbocycles. The molecule has 2 aromatic heterocycles. The van der Waals surface area contributed by atoms with E-state index in [-0.39, 0.29) is 5.91 Å². The number of rotatable bonds is 3. The zero-order valence-electron chi connectivity index (χ0n) is 11.4. The van der Waals surface area contributed by atoms with Crippen molar-refractivity contribution in [1.82, 2.24) is 19.4 Å². The van der Waals surface area contributed by atoms with Crippen molar-refractivity contribution in [3.8, 4) is 0 Å². The van der Waals surface area contributed by atoms with Gasteiger partial charge in [-0.2, -0.15) is 0 Å². The number of carbonyl (C=O) groups excluding carboxylic acids is 2. The Morgan fingerprint density at radius 2 is 2.00 bits per heavy atom. The molecule has 2 N–H and O–H groups in total. The summed E-state index contributed by atoms with van der Waals surface area (Å²) in [6.07, 6.45) is 5.15. The number of carbonyl (C=O) groups is 2. The van der Waals surface area contributed by atoms with Crippen LogP contribution in [0.4, 0.5) is 0 Å². The first-order valence-corrected chi connectivity index (χ1v) is 6.66. The van der Waals surface area contributed by atoms with E-state index in [1.165, 1.54) is 6.20 Å². The van der Waals surface area contributed by atoms with E-state index in [1.54, 1.807) is 21.9 Å². The van der Waals surface area contributed by atoms with E-state index in [0.717, 1.165) is 5.56 Å². The first-order chi connectivity index (χ1) is 10.1. The van der Waals surface area contributed by atoms with Crippen molar-refractivity contribution >= 4 is 11.8 Å². The minimum Gasteiger partial charge on any atom is -0.364 e. The second-order valence-electron chi connectivity index (χ2n) is 4.92.